The van der Waals surface area contributed by atoms with Crippen LogP contribution in [-0.4, -0.2) is 26.7 Å². The summed E-state index contributed by atoms with van der Waals surface area (Å²) < 4.78 is 0. The van der Waals surface area contributed by atoms with Crippen molar-refractivity contribution in [2.75, 3.05) is 25.5 Å². The van der Waals surface area contributed by atoms with Crippen molar-refractivity contribution in [3.8, 4) is 0 Å². The molecule has 1 N–H and O–H groups in total. The number of benzene rings is 1. The van der Waals surface area contributed by atoms with E-state index in [-0.39, 0.29) is 0 Å². The van der Waals surface area contributed by atoms with Gasteiger partial charge in [-0.3, -0.25) is 0 Å². The maximum atomic E-state index is 3.21. The van der Waals surface area contributed by atoms with Crippen LogP contribution in [0, 0.1) is 0 Å². The number of para-hydroxylation sites is 1. The second-order valence-electron chi connectivity index (χ2n) is 4.34. The Bertz CT molecular complexity index is 322. The molecule has 1 aliphatic heterocycles. The van der Waals surface area contributed by atoms with Crippen LogP contribution >= 0.6 is 0 Å². The molecule has 0 amide bonds. The summed E-state index contributed by atoms with van der Waals surface area (Å²) in [6, 6.07) is 9.46. The molecule has 1 aliphatic rings. The topological polar surface area (TPSA) is 15.3 Å². The van der Waals surface area contributed by atoms with Gasteiger partial charge in [-0.05, 0) is 44.5 Å². The summed E-state index contributed by atoms with van der Waals surface area (Å²) in [6.07, 6.45) is 3.77. The lowest BCUT2D eigenvalue weighted by molar-refractivity contribution is 0.564. The first kappa shape index (κ1) is 10.5. The second kappa shape index (κ2) is 4.67. The van der Waals surface area contributed by atoms with Crippen LogP contribution in [0.2, 0.25) is 0 Å². The second-order valence-corrected chi connectivity index (χ2v) is 4.34. The fraction of sp³-hybridized carbons (Fsp3) is 0.538. The van der Waals surface area contributed by atoms with E-state index < -0.39 is 0 Å². The molecule has 0 radical (unpaired) electrons. The van der Waals surface area contributed by atoms with E-state index in [9.17, 15) is 0 Å². The molecular formula is C13H20N2. The van der Waals surface area contributed by atoms with Crippen LogP contribution in [0.1, 0.15) is 18.4 Å². The Labute approximate surface area is 92.3 Å². The van der Waals surface area contributed by atoms with Gasteiger partial charge in [0.05, 0.1) is 0 Å². The Kier molecular flexibility index (Phi) is 3.27. The van der Waals surface area contributed by atoms with Gasteiger partial charge in [-0.1, -0.05) is 18.2 Å². The number of hydrogen-bond acceptors (Lipinski definition) is 2. The molecule has 2 rings (SSSR count). The molecule has 1 heterocycles. The Morgan fingerprint density at radius 2 is 2.20 bits per heavy atom. The average molecular weight is 204 g/mol. The van der Waals surface area contributed by atoms with Gasteiger partial charge in [-0.15, -0.1) is 0 Å². The molecule has 82 valence electrons. The van der Waals surface area contributed by atoms with E-state index in [1.54, 1.807) is 0 Å². The van der Waals surface area contributed by atoms with Crippen LogP contribution in [0.15, 0.2) is 24.3 Å². The zero-order valence-electron chi connectivity index (χ0n) is 9.66. The highest BCUT2D eigenvalue weighted by Gasteiger charge is 2.24. The number of nitrogens with zero attached hydrogens (tertiary/aromatic N) is 1. The number of anilines is 1. The average Bonchev–Trinajstić information content (AvgIpc) is 2.57. The van der Waals surface area contributed by atoms with Crippen LogP contribution in [-0.2, 0) is 6.42 Å². The fourth-order valence-corrected chi connectivity index (χ4v) is 2.43. The molecule has 2 nitrogen and oxygen atoms in total. The van der Waals surface area contributed by atoms with E-state index in [0.717, 1.165) is 6.54 Å². The molecule has 1 aromatic carbocycles. The Morgan fingerprint density at radius 3 is 2.93 bits per heavy atom. The standard InChI is InChI=1S/C13H20N2/c1-14-9-5-7-12-10-11-6-3-4-8-13(11)15(12)2/h3-4,6,8,12,14H,5,7,9-10H2,1-2H3. The molecule has 1 atom stereocenters. The molecule has 2 heteroatoms. The first-order valence-corrected chi connectivity index (χ1v) is 5.78. The van der Waals surface area contributed by atoms with Crippen molar-refractivity contribution in [3.05, 3.63) is 29.8 Å². The van der Waals surface area contributed by atoms with E-state index in [2.05, 4.69) is 41.5 Å². The van der Waals surface area contributed by atoms with Crippen LogP contribution in [0.5, 0.6) is 0 Å². The minimum atomic E-state index is 0.704. The Hall–Kier alpha value is -1.02. The first-order chi connectivity index (χ1) is 7.33. The smallest absolute Gasteiger partial charge is 0.0399 e. The number of nitrogens with one attached hydrogen (secondary N) is 1. The van der Waals surface area contributed by atoms with Crippen LogP contribution in [0.4, 0.5) is 5.69 Å². The highest BCUT2D eigenvalue weighted by atomic mass is 15.2. The van der Waals surface area contributed by atoms with Gasteiger partial charge in [0.15, 0.2) is 0 Å². The lowest BCUT2D eigenvalue weighted by Gasteiger charge is -2.22. The Morgan fingerprint density at radius 1 is 1.40 bits per heavy atom. The zero-order valence-corrected chi connectivity index (χ0v) is 9.66. The molecule has 0 aromatic heterocycles. The van der Waals surface area contributed by atoms with Crippen molar-refractivity contribution >= 4 is 5.69 Å². The first-order valence-electron chi connectivity index (χ1n) is 5.78. The molecule has 0 aliphatic carbocycles. The molecule has 15 heavy (non-hydrogen) atoms. The molecule has 0 fully saturated rings. The minimum Gasteiger partial charge on any atom is -0.371 e. The lowest BCUT2D eigenvalue weighted by Crippen LogP contribution is -2.28. The van der Waals surface area contributed by atoms with Gasteiger partial charge in [-0.25, -0.2) is 0 Å². The molecular weight excluding hydrogens is 184 g/mol. The third kappa shape index (κ3) is 2.15. The van der Waals surface area contributed by atoms with Crippen LogP contribution in [0.25, 0.3) is 0 Å². The molecule has 0 saturated carbocycles. The molecule has 1 aromatic rings. The van der Waals surface area contributed by atoms with E-state index >= 15 is 0 Å². The van der Waals surface area contributed by atoms with Gasteiger partial charge < -0.3 is 10.2 Å². The predicted molar refractivity (Wildman–Crippen MR) is 65.5 cm³/mol. The number of likely N-dealkylation sites (N-methyl/N-ethyl adjacent to an activating group) is 1. The number of rotatable bonds is 4. The summed E-state index contributed by atoms with van der Waals surface area (Å²) in [5.74, 6) is 0. The molecule has 1 unspecified atom stereocenters. The van der Waals surface area contributed by atoms with Crippen molar-refractivity contribution in [1.82, 2.24) is 5.32 Å². The van der Waals surface area contributed by atoms with Crippen molar-refractivity contribution < 1.29 is 0 Å². The highest BCUT2D eigenvalue weighted by molar-refractivity contribution is 5.58. The van der Waals surface area contributed by atoms with Crippen molar-refractivity contribution in [3.63, 3.8) is 0 Å². The largest absolute Gasteiger partial charge is 0.371 e. The summed E-state index contributed by atoms with van der Waals surface area (Å²) in [5.41, 5.74) is 2.93. The number of hydrogen-bond donors (Lipinski definition) is 1. The summed E-state index contributed by atoms with van der Waals surface area (Å²) >= 11 is 0. The van der Waals surface area contributed by atoms with Gasteiger partial charge in [-0.2, -0.15) is 0 Å². The summed E-state index contributed by atoms with van der Waals surface area (Å²) in [6.45, 7) is 1.13. The minimum absolute atomic E-state index is 0.704. The quantitative estimate of drug-likeness (QED) is 0.755. The predicted octanol–water partition coefficient (Wildman–Crippen LogP) is 2.05. The third-order valence-electron chi connectivity index (χ3n) is 3.34. The monoisotopic (exact) mass is 204 g/mol. The van der Waals surface area contributed by atoms with Crippen molar-refractivity contribution in [2.45, 2.75) is 25.3 Å². The third-order valence-corrected chi connectivity index (χ3v) is 3.34. The maximum absolute atomic E-state index is 3.21. The van der Waals surface area contributed by atoms with Crippen molar-refractivity contribution in [2.24, 2.45) is 0 Å². The molecule has 0 spiro atoms. The van der Waals surface area contributed by atoms with Gasteiger partial charge in [0.2, 0.25) is 0 Å². The Balaban J connectivity index is 1.97. The fourth-order valence-electron chi connectivity index (χ4n) is 2.43. The van der Waals surface area contributed by atoms with Gasteiger partial charge >= 0.3 is 0 Å². The van der Waals surface area contributed by atoms with Crippen LogP contribution < -0.4 is 10.2 Å². The van der Waals surface area contributed by atoms with Gasteiger partial charge in [0, 0.05) is 18.8 Å². The molecule has 0 saturated heterocycles. The summed E-state index contributed by atoms with van der Waals surface area (Å²) in [7, 11) is 4.24. The lowest BCUT2D eigenvalue weighted by atomic mass is 10.1. The van der Waals surface area contributed by atoms with E-state index in [4.69, 9.17) is 0 Å². The van der Waals surface area contributed by atoms with Crippen molar-refractivity contribution in [1.29, 1.82) is 0 Å². The summed E-state index contributed by atoms with van der Waals surface area (Å²) in [4.78, 5) is 2.44. The van der Waals surface area contributed by atoms with Gasteiger partial charge in [0.25, 0.3) is 0 Å². The van der Waals surface area contributed by atoms with Gasteiger partial charge in [0.1, 0.15) is 0 Å². The van der Waals surface area contributed by atoms with E-state index in [1.807, 2.05) is 7.05 Å². The highest BCUT2D eigenvalue weighted by Crippen LogP contribution is 2.31. The maximum Gasteiger partial charge on any atom is 0.0399 e. The normalized spacial score (nSPS) is 19.3. The summed E-state index contributed by atoms with van der Waals surface area (Å²) in [5, 5.41) is 3.21. The molecule has 0 bridgehead atoms. The number of fused-ring (bicyclic) bond motifs is 1. The zero-order chi connectivity index (χ0) is 10.7. The van der Waals surface area contributed by atoms with Crippen LogP contribution in [0.3, 0.4) is 0 Å². The van der Waals surface area contributed by atoms with E-state index in [0.29, 0.717) is 6.04 Å². The van der Waals surface area contributed by atoms with E-state index in [1.165, 1.54) is 30.5 Å². The SMILES string of the molecule is CNCCCC1Cc2ccccc2N1C.